The maximum absolute atomic E-state index is 12.9. The molecule has 1 aromatic carbocycles. The number of carbonyl (C=O) groups is 1. The van der Waals surface area contributed by atoms with E-state index in [9.17, 15) is 23.1 Å². The van der Waals surface area contributed by atoms with E-state index in [1.54, 1.807) is 0 Å². The van der Waals surface area contributed by atoms with Crippen LogP contribution in [0.2, 0.25) is 0 Å². The van der Waals surface area contributed by atoms with Crippen LogP contribution >= 0.6 is 0 Å². The van der Waals surface area contributed by atoms with Crippen molar-refractivity contribution in [3.8, 4) is 5.75 Å². The highest BCUT2D eigenvalue weighted by Gasteiger charge is 2.34. The number of aliphatic hydroxyl groups is 1. The molecule has 0 radical (unpaired) electrons. The largest absolute Gasteiger partial charge is 0.480 e. The van der Waals surface area contributed by atoms with Crippen LogP contribution in [-0.2, 0) is 11.0 Å². The number of amides is 1. The molecular formula is C16H22F3NO3. The molecule has 0 spiro atoms. The van der Waals surface area contributed by atoms with Crippen LogP contribution < -0.4 is 10.1 Å². The third kappa shape index (κ3) is 6.09. The van der Waals surface area contributed by atoms with E-state index >= 15 is 0 Å². The number of benzene rings is 1. The molecule has 2 N–H and O–H groups in total. The highest BCUT2D eigenvalue weighted by Crippen LogP contribution is 2.36. The third-order valence-electron chi connectivity index (χ3n) is 3.37. The van der Waals surface area contributed by atoms with Gasteiger partial charge in [-0.25, -0.2) is 0 Å². The first-order valence-corrected chi connectivity index (χ1v) is 7.41. The van der Waals surface area contributed by atoms with Gasteiger partial charge in [0.25, 0.3) is 5.91 Å². The fourth-order valence-corrected chi connectivity index (χ4v) is 1.87. The van der Waals surface area contributed by atoms with Gasteiger partial charge in [-0.3, -0.25) is 4.79 Å². The zero-order valence-electron chi connectivity index (χ0n) is 13.4. The van der Waals surface area contributed by atoms with E-state index < -0.39 is 29.9 Å². The summed E-state index contributed by atoms with van der Waals surface area (Å²) in [5.74, 6) is -0.845. The van der Waals surface area contributed by atoms with E-state index in [1.165, 1.54) is 25.1 Å². The second-order valence-electron chi connectivity index (χ2n) is 5.65. The molecule has 130 valence electrons. The molecule has 0 heterocycles. The number of rotatable bonds is 7. The standard InChI is InChI=1S/C16H22F3NO3/c1-10(2)13(21)8-9-20-15(22)11(3)23-14-7-5-4-6-12(14)16(17,18)19/h4-7,10-11,13,21H,8-9H2,1-3H3,(H,20,22). The molecule has 1 amide bonds. The summed E-state index contributed by atoms with van der Waals surface area (Å²) < 4.78 is 43.7. The molecule has 0 saturated carbocycles. The number of carbonyl (C=O) groups excluding carboxylic acids is 1. The van der Waals surface area contributed by atoms with Crippen LogP contribution in [0.3, 0.4) is 0 Å². The lowest BCUT2D eigenvalue weighted by atomic mass is 10.0. The van der Waals surface area contributed by atoms with Gasteiger partial charge in [-0.05, 0) is 31.4 Å². The Hall–Kier alpha value is -1.76. The number of nitrogens with one attached hydrogen (secondary N) is 1. The third-order valence-corrected chi connectivity index (χ3v) is 3.37. The van der Waals surface area contributed by atoms with Gasteiger partial charge in [0.15, 0.2) is 6.10 Å². The number of ether oxygens (including phenoxy) is 1. The van der Waals surface area contributed by atoms with Gasteiger partial charge in [-0.2, -0.15) is 13.2 Å². The first-order valence-electron chi connectivity index (χ1n) is 7.41. The van der Waals surface area contributed by atoms with Crippen LogP contribution in [0.25, 0.3) is 0 Å². The normalized spacial score (nSPS) is 14.4. The van der Waals surface area contributed by atoms with E-state index in [2.05, 4.69) is 5.32 Å². The maximum atomic E-state index is 12.9. The molecule has 2 atom stereocenters. The van der Waals surface area contributed by atoms with Gasteiger partial charge in [0, 0.05) is 6.54 Å². The molecule has 0 aliphatic heterocycles. The molecule has 0 bridgehead atoms. The van der Waals surface area contributed by atoms with Crippen molar-refractivity contribution in [1.82, 2.24) is 5.32 Å². The number of halogens is 3. The molecule has 1 aromatic rings. The zero-order chi connectivity index (χ0) is 17.6. The number of aliphatic hydroxyl groups excluding tert-OH is 1. The van der Waals surface area contributed by atoms with Crippen LogP contribution in [0.5, 0.6) is 5.75 Å². The van der Waals surface area contributed by atoms with Crippen molar-refractivity contribution in [2.75, 3.05) is 6.54 Å². The monoisotopic (exact) mass is 333 g/mol. The van der Waals surface area contributed by atoms with Crippen LogP contribution in [0.1, 0.15) is 32.8 Å². The van der Waals surface area contributed by atoms with E-state index in [0.717, 1.165) is 6.07 Å². The lowest BCUT2D eigenvalue weighted by Crippen LogP contribution is -2.38. The molecule has 2 unspecified atom stereocenters. The van der Waals surface area contributed by atoms with Gasteiger partial charge in [-0.1, -0.05) is 26.0 Å². The Balaban J connectivity index is 2.59. The van der Waals surface area contributed by atoms with E-state index in [0.29, 0.717) is 6.42 Å². The van der Waals surface area contributed by atoms with Gasteiger partial charge < -0.3 is 15.2 Å². The van der Waals surface area contributed by atoms with Crippen molar-refractivity contribution in [3.05, 3.63) is 29.8 Å². The Kier molecular flexibility index (Phi) is 6.87. The minimum Gasteiger partial charge on any atom is -0.480 e. The fourth-order valence-electron chi connectivity index (χ4n) is 1.87. The van der Waals surface area contributed by atoms with E-state index in [4.69, 9.17) is 4.74 Å². The molecule has 0 aromatic heterocycles. The summed E-state index contributed by atoms with van der Waals surface area (Å²) in [6.07, 6.45) is -5.80. The van der Waals surface area contributed by atoms with Crippen molar-refractivity contribution < 1.29 is 27.8 Å². The summed E-state index contributed by atoms with van der Waals surface area (Å²) in [4.78, 5) is 11.9. The Morgan fingerprint density at radius 1 is 1.26 bits per heavy atom. The van der Waals surface area contributed by atoms with Crippen LogP contribution in [0.15, 0.2) is 24.3 Å². The molecule has 0 aliphatic carbocycles. The SMILES string of the molecule is CC(Oc1ccccc1C(F)(F)F)C(=O)NCCC(O)C(C)C. The second kappa shape index (κ2) is 8.19. The van der Waals surface area contributed by atoms with Crippen molar-refractivity contribution in [2.45, 2.75) is 45.6 Å². The van der Waals surface area contributed by atoms with Crippen LogP contribution in [0, 0.1) is 5.92 Å². The molecule has 23 heavy (non-hydrogen) atoms. The predicted molar refractivity (Wildman–Crippen MR) is 80.0 cm³/mol. The number of alkyl halides is 3. The first kappa shape index (κ1) is 19.3. The van der Waals surface area contributed by atoms with Crippen LogP contribution in [0.4, 0.5) is 13.2 Å². The minimum atomic E-state index is -4.55. The summed E-state index contributed by atoms with van der Waals surface area (Å²) in [6.45, 7) is 5.31. The van der Waals surface area contributed by atoms with Crippen molar-refractivity contribution in [1.29, 1.82) is 0 Å². The van der Waals surface area contributed by atoms with Gasteiger partial charge in [0.05, 0.1) is 11.7 Å². The quantitative estimate of drug-likeness (QED) is 0.806. The predicted octanol–water partition coefficient (Wildman–Crippen LogP) is 3.00. The van der Waals surface area contributed by atoms with Gasteiger partial charge >= 0.3 is 6.18 Å². The molecule has 0 fully saturated rings. The average molecular weight is 333 g/mol. The summed E-state index contributed by atoms with van der Waals surface area (Å²) in [5, 5.41) is 12.2. The average Bonchev–Trinajstić information content (AvgIpc) is 2.46. The van der Waals surface area contributed by atoms with Crippen molar-refractivity contribution >= 4 is 5.91 Å². The molecule has 0 aliphatic rings. The van der Waals surface area contributed by atoms with E-state index in [-0.39, 0.29) is 18.2 Å². The summed E-state index contributed by atoms with van der Waals surface area (Å²) >= 11 is 0. The summed E-state index contributed by atoms with van der Waals surface area (Å²) in [5.41, 5.74) is -0.921. The lowest BCUT2D eigenvalue weighted by molar-refractivity contribution is -0.140. The first-order chi connectivity index (χ1) is 10.6. The smallest absolute Gasteiger partial charge is 0.419 e. The number of hydrogen-bond acceptors (Lipinski definition) is 3. The van der Waals surface area contributed by atoms with Crippen molar-refractivity contribution in [3.63, 3.8) is 0 Å². The fraction of sp³-hybridized carbons (Fsp3) is 0.562. The Labute approximate surface area is 133 Å². The molecule has 1 rings (SSSR count). The molecule has 0 saturated heterocycles. The van der Waals surface area contributed by atoms with E-state index in [1.807, 2.05) is 13.8 Å². The highest BCUT2D eigenvalue weighted by atomic mass is 19.4. The molecular weight excluding hydrogens is 311 g/mol. The Morgan fingerprint density at radius 3 is 2.43 bits per heavy atom. The zero-order valence-corrected chi connectivity index (χ0v) is 13.4. The maximum Gasteiger partial charge on any atom is 0.419 e. The lowest BCUT2D eigenvalue weighted by Gasteiger charge is -2.19. The van der Waals surface area contributed by atoms with Crippen molar-refractivity contribution in [2.24, 2.45) is 5.92 Å². The number of hydrogen-bond donors (Lipinski definition) is 2. The molecule has 7 heteroatoms. The summed E-state index contributed by atoms with van der Waals surface area (Å²) in [7, 11) is 0. The highest BCUT2D eigenvalue weighted by molar-refractivity contribution is 5.80. The Morgan fingerprint density at radius 2 is 1.87 bits per heavy atom. The van der Waals surface area contributed by atoms with Gasteiger partial charge in [0.2, 0.25) is 0 Å². The minimum absolute atomic E-state index is 0.0687. The topological polar surface area (TPSA) is 58.6 Å². The summed E-state index contributed by atoms with van der Waals surface area (Å²) in [6, 6.07) is 4.75. The molecule has 4 nitrogen and oxygen atoms in total. The second-order valence-corrected chi connectivity index (χ2v) is 5.65. The number of para-hydroxylation sites is 1. The Bertz CT molecular complexity index is 518. The van der Waals surface area contributed by atoms with Crippen LogP contribution in [-0.4, -0.2) is 29.8 Å². The van der Waals surface area contributed by atoms with Gasteiger partial charge in [-0.15, -0.1) is 0 Å². The van der Waals surface area contributed by atoms with Gasteiger partial charge in [0.1, 0.15) is 5.75 Å².